The van der Waals surface area contributed by atoms with Gasteiger partial charge in [0.05, 0.1) is 25.9 Å². The van der Waals surface area contributed by atoms with Gasteiger partial charge in [0.15, 0.2) is 0 Å². The number of likely N-dealkylation sites (tertiary alicyclic amines) is 1. The van der Waals surface area contributed by atoms with Crippen LogP contribution in [0.1, 0.15) is 19.8 Å². The first kappa shape index (κ1) is 14.4. The predicted octanol–water partition coefficient (Wildman–Crippen LogP) is 0.250. The molecule has 1 aliphatic rings. The van der Waals surface area contributed by atoms with Crippen LogP contribution in [-0.2, 0) is 14.3 Å². The third kappa shape index (κ3) is 5.48. The van der Waals surface area contributed by atoms with Crippen LogP contribution >= 0.6 is 0 Å². The molecule has 0 bridgehead atoms. The second-order valence-electron chi connectivity index (χ2n) is 4.24. The Morgan fingerprint density at radius 1 is 1.35 bits per heavy atom. The van der Waals surface area contributed by atoms with E-state index in [9.17, 15) is 4.79 Å². The van der Waals surface area contributed by atoms with E-state index in [1.54, 1.807) is 0 Å². The van der Waals surface area contributed by atoms with Crippen LogP contribution in [0.15, 0.2) is 0 Å². The summed E-state index contributed by atoms with van der Waals surface area (Å²) in [6.07, 6.45) is 2.08. The molecule has 1 heterocycles. The van der Waals surface area contributed by atoms with Crippen LogP contribution in [0.5, 0.6) is 0 Å². The molecule has 100 valence electrons. The molecule has 0 saturated carbocycles. The fraction of sp³-hybridized carbons (Fsp3) is 0.917. The number of rotatable bonds is 8. The number of carbonyl (C=O) groups excluding carboxylic acids is 1. The summed E-state index contributed by atoms with van der Waals surface area (Å²) in [7, 11) is 2.00. The van der Waals surface area contributed by atoms with E-state index < -0.39 is 0 Å². The molecule has 5 heteroatoms. The van der Waals surface area contributed by atoms with Gasteiger partial charge in [-0.3, -0.25) is 9.69 Å². The van der Waals surface area contributed by atoms with E-state index in [-0.39, 0.29) is 11.9 Å². The summed E-state index contributed by atoms with van der Waals surface area (Å²) in [6, 6.07) is 0.0541. The first-order chi connectivity index (χ1) is 8.25. The van der Waals surface area contributed by atoms with Crippen LogP contribution in [0.25, 0.3) is 0 Å². The molecule has 0 radical (unpaired) electrons. The SMILES string of the molecule is CCOCCOCCNC(=O)C1CCCN1C. The maximum absolute atomic E-state index is 11.8. The number of amides is 1. The zero-order chi connectivity index (χ0) is 12.5. The molecule has 5 nitrogen and oxygen atoms in total. The van der Waals surface area contributed by atoms with Gasteiger partial charge in [0.1, 0.15) is 0 Å². The van der Waals surface area contributed by atoms with E-state index >= 15 is 0 Å². The Balaban J connectivity index is 1.97. The second-order valence-corrected chi connectivity index (χ2v) is 4.24. The van der Waals surface area contributed by atoms with Gasteiger partial charge in [0.2, 0.25) is 5.91 Å². The van der Waals surface area contributed by atoms with Crippen molar-refractivity contribution in [2.24, 2.45) is 0 Å². The van der Waals surface area contributed by atoms with E-state index in [1.165, 1.54) is 0 Å². The smallest absolute Gasteiger partial charge is 0.237 e. The molecule has 1 amide bonds. The number of nitrogens with zero attached hydrogens (tertiary/aromatic N) is 1. The molecule has 0 aromatic carbocycles. The van der Waals surface area contributed by atoms with Gasteiger partial charge in [-0.25, -0.2) is 0 Å². The molecule has 1 unspecified atom stereocenters. The Labute approximate surface area is 103 Å². The Hall–Kier alpha value is -0.650. The molecule has 1 N–H and O–H groups in total. The third-order valence-electron chi connectivity index (χ3n) is 2.94. The van der Waals surface area contributed by atoms with Crippen molar-refractivity contribution in [3.63, 3.8) is 0 Å². The van der Waals surface area contributed by atoms with Gasteiger partial charge >= 0.3 is 0 Å². The highest BCUT2D eigenvalue weighted by molar-refractivity contribution is 5.81. The average molecular weight is 244 g/mol. The van der Waals surface area contributed by atoms with Gasteiger partial charge in [-0.1, -0.05) is 0 Å². The highest BCUT2D eigenvalue weighted by Gasteiger charge is 2.27. The Morgan fingerprint density at radius 2 is 2.12 bits per heavy atom. The normalized spacial score (nSPS) is 20.7. The van der Waals surface area contributed by atoms with Gasteiger partial charge in [-0.15, -0.1) is 0 Å². The molecule has 0 aromatic rings. The van der Waals surface area contributed by atoms with Crippen molar-refractivity contribution in [1.82, 2.24) is 10.2 Å². The summed E-state index contributed by atoms with van der Waals surface area (Å²) in [5, 5.41) is 2.90. The number of ether oxygens (including phenoxy) is 2. The third-order valence-corrected chi connectivity index (χ3v) is 2.94. The zero-order valence-corrected chi connectivity index (χ0v) is 10.9. The van der Waals surface area contributed by atoms with Crippen LogP contribution < -0.4 is 5.32 Å². The van der Waals surface area contributed by atoms with Crippen LogP contribution in [0.4, 0.5) is 0 Å². The van der Waals surface area contributed by atoms with E-state index in [1.807, 2.05) is 14.0 Å². The van der Waals surface area contributed by atoms with Crippen molar-refractivity contribution in [1.29, 1.82) is 0 Å². The van der Waals surface area contributed by atoms with Gasteiger partial charge < -0.3 is 14.8 Å². The summed E-state index contributed by atoms with van der Waals surface area (Å²) in [4.78, 5) is 13.9. The lowest BCUT2D eigenvalue weighted by atomic mass is 10.2. The summed E-state index contributed by atoms with van der Waals surface area (Å²) in [5.74, 6) is 0.124. The standard InChI is InChI=1S/C12H24N2O3/c1-3-16-9-10-17-8-6-13-12(15)11-5-4-7-14(11)2/h11H,3-10H2,1-2H3,(H,13,15). The average Bonchev–Trinajstić information content (AvgIpc) is 2.74. The number of nitrogens with one attached hydrogen (secondary N) is 1. The highest BCUT2D eigenvalue weighted by Crippen LogP contribution is 2.14. The fourth-order valence-electron chi connectivity index (χ4n) is 1.97. The number of hydrogen-bond donors (Lipinski definition) is 1. The van der Waals surface area contributed by atoms with Crippen molar-refractivity contribution in [2.45, 2.75) is 25.8 Å². The molecule has 17 heavy (non-hydrogen) atoms. The van der Waals surface area contributed by atoms with Crippen LogP contribution in [0.2, 0.25) is 0 Å². The second kappa shape index (κ2) is 8.44. The maximum Gasteiger partial charge on any atom is 0.237 e. The molecule has 0 aromatic heterocycles. The summed E-state index contributed by atoms with van der Waals surface area (Å²) < 4.78 is 10.5. The first-order valence-electron chi connectivity index (χ1n) is 6.39. The minimum atomic E-state index is 0.0541. The van der Waals surface area contributed by atoms with Crippen LogP contribution in [0.3, 0.4) is 0 Å². The Kier molecular flexibility index (Phi) is 7.16. The topological polar surface area (TPSA) is 50.8 Å². The van der Waals surface area contributed by atoms with Gasteiger partial charge in [-0.2, -0.15) is 0 Å². The van der Waals surface area contributed by atoms with E-state index in [0.717, 1.165) is 19.4 Å². The van der Waals surface area contributed by atoms with Crippen molar-refractivity contribution < 1.29 is 14.3 Å². The van der Waals surface area contributed by atoms with E-state index in [4.69, 9.17) is 9.47 Å². The number of likely N-dealkylation sites (N-methyl/N-ethyl adjacent to an activating group) is 1. The highest BCUT2D eigenvalue weighted by atomic mass is 16.5. The van der Waals surface area contributed by atoms with Crippen molar-refractivity contribution in [3.8, 4) is 0 Å². The number of carbonyl (C=O) groups is 1. The van der Waals surface area contributed by atoms with Crippen molar-refractivity contribution in [3.05, 3.63) is 0 Å². The number of hydrogen-bond acceptors (Lipinski definition) is 4. The lowest BCUT2D eigenvalue weighted by Gasteiger charge is -2.18. The van der Waals surface area contributed by atoms with Crippen LogP contribution in [0, 0.1) is 0 Å². The largest absolute Gasteiger partial charge is 0.379 e. The molecular formula is C12H24N2O3. The Bertz CT molecular complexity index is 224. The van der Waals surface area contributed by atoms with Crippen LogP contribution in [-0.4, -0.2) is 63.4 Å². The molecule has 1 atom stereocenters. The quantitative estimate of drug-likeness (QED) is 0.622. The molecule has 1 rings (SSSR count). The molecule has 1 fully saturated rings. The fourth-order valence-corrected chi connectivity index (χ4v) is 1.97. The summed E-state index contributed by atoms with van der Waals surface area (Å²) in [5.41, 5.74) is 0. The van der Waals surface area contributed by atoms with E-state index in [2.05, 4.69) is 10.2 Å². The minimum absolute atomic E-state index is 0.0541. The molecule has 1 aliphatic heterocycles. The summed E-state index contributed by atoms with van der Waals surface area (Å²) in [6.45, 7) is 6.03. The van der Waals surface area contributed by atoms with Gasteiger partial charge in [0, 0.05) is 13.2 Å². The monoisotopic (exact) mass is 244 g/mol. The van der Waals surface area contributed by atoms with Crippen molar-refractivity contribution in [2.75, 3.05) is 46.6 Å². The predicted molar refractivity (Wildman–Crippen MR) is 66.0 cm³/mol. The lowest BCUT2D eigenvalue weighted by molar-refractivity contribution is -0.125. The zero-order valence-electron chi connectivity index (χ0n) is 10.9. The van der Waals surface area contributed by atoms with E-state index in [0.29, 0.717) is 33.0 Å². The maximum atomic E-state index is 11.8. The van der Waals surface area contributed by atoms with Crippen molar-refractivity contribution >= 4 is 5.91 Å². The molecule has 0 aliphatic carbocycles. The minimum Gasteiger partial charge on any atom is -0.379 e. The molecule has 1 saturated heterocycles. The van der Waals surface area contributed by atoms with Gasteiger partial charge in [-0.05, 0) is 33.4 Å². The molecular weight excluding hydrogens is 220 g/mol. The molecule has 0 spiro atoms. The summed E-state index contributed by atoms with van der Waals surface area (Å²) >= 11 is 0. The lowest BCUT2D eigenvalue weighted by Crippen LogP contribution is -2.42. The Morgan fingerprint density at radius 3 is 2.76 bits per heavy atom. The van der Waals surface area contributed by atoms with Gasteiger partial charge in [0.25, 0.3) is 0 Å². The first-order valence-corrected chi connectivity index (χ1v) is 6.39.